The lowest BCUT2D eigenvalue weighted by atomic mass is 9.88. The SMILES string of the molecule is CCOCC(=O)OCC(=O)Nc1sc2c(c1C(=O)OCC)CC[C@H](C)C2. The van der Waals surface area contributed by atoms with E-state index >= 15 is 0 Å². The van der Waals surface area contributed by atoms with Crippen molar-refractivity contribution in [3.8, 4) is 0 Å². The lowest BCUT2D eigenvalue weighted by Crippen LogP contribution is -2.23. The summed E-state index contributed by atoms with van der Waals surface area (Å²) in [6.07, 6.45) is 2.67. The Balaban J connectivity index is 2.09. The number of amides is 1. The third-order valence-corrected chi connectivity index (χ3v) is 5.20. The van der Waals surface area contributed by atoms with Crippen LogP contribution >= 0.6 is 11.3 Å². The molecular weight excluding hydrogens is 358 g/mol. The number of hydrogen-bond donors (Lipinski definition) is 1. The molecule has 26 heavy (non-hydrogen) atoms. The largest absolute Gasteiger partial charge is 0.462 e. The zero-order valence-electron chi connectivity index (χ0n) is 15.4. The van der Waals surface area contributed by atoms with Gasteiger partial charge in [-0.25, -0.2) is 9.59 Å². The monoisotopic (exact) mass is 383 g/mol. The van der Waals surface area contributed by atoms with Crippen LogP contribution in [0, 0.1) is 5.92 Å². The van der Waals surface area contributed by atoms with Gasteiger partial charge in [0.2, 0.25) is 0 Å². The number of rotatable bonds is 8. The van der Waals surface area contributed by atoms with Crippen LogP contribution < -0.4 is 5.32 Å². The van der Waals surface area contributed by atoms with Gasteiger partial charge < -0.3 is 19.5 Å². The molecule has 2 rings (SSSR count). The van der Waals surface area contributed by atoms with E-state index < -0.39 is 24.5 Å². The van der Waals surface area contributed by atoms with Crippen molar-refractivity contribution in [1.82, 2.24) is 0 Å². The van der Waals surface area contributed by atoms with Gasteiger partial charge in [0.1, 0.15) is 11.6 Å². The van der Waals surface area contributed by atoms with E-state index in [-0.39, 0.29) is 13.2 Å². The van der Waals surface area contributed by atoms with Crippen LogP contribution in [0.5, 0.6) is 0 Å². The molecule has 0 bridgehead atoms. The first kappa shape index (κ1) is 20.4. The van der Waals surface area contributed by atoms with Crippen molar-refractivity contribution in [3.05, 3.63) is 16.0 Å². The molecule has 1 aromatic rings. The molecule has 1 N–H and O–H groups in total. The molecule has 1 aliphatic carbocycles. The zero-order valence-corrected chi connectivity index (χ0v) is 16.2. The molecule has 1 atom stereocenters. The maximum absolute atomic E-state index is 12.4. The number of carbonyl (C=O) groups excluding carboxylic acids is 3. The van der Waals surface area contributed by atoms with Gasteiger partial charge in [-0.3, -0.25) is 4.79 Å². The minimum atomic E-state index is -0.605. The third-order valence-electron chi connectivity index (χ3n) is 4.03. The summed E-state index contributed by atoms with van der Waals surface area (Å²) in [7, 11) is 0. The van der Waals surface area contributed by atoms with Crippen LogP contribution in [-0.2, 0) is 36.6 Å². The topological polar surface area (TPSA) is 90.9 Å². The summed E-state index contributed by atoms with van der Waals surface area (Å²) >= 11 is 1.40. The van der Waals surface area contributed by atoms with Crippen LogP contribution in [0.3, 0.4) is 0 Å². The Hall–Kier alpha value is -1.93. The van der Waals surface area contributed by atoms with Gasteiger partial charge in [-0.15, -0.1) is 11.3 Å². The number of carbonyl (C=O) groups is 3. The Morgan fingerprint density at radius 1 is 1.15 bits per heavy atom. The molecule has 0 aromatic carbocycles. The second kappa shape index (κ2) is 9.68. The lowest BCUT2D eigenvalue weighted by Gasteiger charge is -2.18. The van der Waals surface area contributed by atoms with Crippen molar-refractivity contribution in [2.75, 3.05) is 31.7 Å². The molecule has 1 amide bonds. The van der Waals surface area contributed by atoms with Gasteiger partial charge in [0.25, 0.3) is 5.91 Å². The average molecular weight is 383 g/mol. The van der Waals surface area contributed by atoms with Gasteiger partial charge >= 0.3 is 11.9 Å². The van der Waals surface area contributed by atoms with Crippen LogP contribution in [0.15, 0.2) is 0 Å². The van der Waals surface area contributed by atoms with Crippen molar-refractivity contribution in [2.45, 2.75) is 40.0 Å². The third kappa shape index (κ3) is 5.28. The summed E-state index contributed by atoms with van der Waals surface area (Å²) in [6.45, 7) is 5.72. The smallest absolute Gasteiger partial charge is 0.341 e. The number of esters is 2. The average Bonchev–Trinajstić information content (AvgIpc) is 2.95. The van der Waals surface area contributed by atoms with Gasteiger partial charge in [-0.2, -0.15) is 0 Å². The highest BCUT2D eigenvalue weighted by molar-refractivity contribution is 7.17. The Labute approximate surface area is 157 Å². The van der Waals surface area contributed by atoms with Gasteiger partial charge in [0.15, 0.2) is 6.61 Å². The highest BCUT2D eigenvalue weighted by atomic mass is 32.1. The molecule has 1 aromatic heterocycles. The summed E-state index contributed by atoms with van der Waals surface area (Å²) < 4.78 is 14.9. The van der Waals surface area contributed by atoms with Crippen LogP contribution in [0.25, 0.3) is 0 Å². The van der Waals surface area contributed by atoms with Crippen LogP contribution in [0.1, 0.15) is 48.0 Å². The predicted octanol–water partition coefficient (Wildman–Crippen LogP) is 2.57. The maximum Gasteiger partial charge on any atom is 0.341 e. The highest BCUT2D eigenvalue weighted by Crippen LogP contribution is 2.40. The fourth-order valence-electron chi connectivity index (χ4n) is 2.79. The molecule has 144 valence electrons. The standard InChI is InChI=1S/C18H25NO6S/c1-4-23-10-15(21)25-9-14(20)19-17-16(18(22)24-5-2)12-7-6-11(3)8-13(12)26-17/h11H,4-10H2,1-3H3,(H,19,20)/t11-/m0/s1. The predicted molar refractivity (Wildman–Crippen MR) is 97.5 cm³/mol. The van der Waals surface area contributed by atoms with E-state index in [0.29, 0.717) is 23.1 Å². The number of anilines is 1. The molecular formula is C18H25NO6S. The second-order valence-corrected chi connectivity index (χ2v) is 7.23. The van der Waals surface area contributed by atoms with E-state index in [1.165, 1.54) is 11.3 Å². The summed E-state index contributed by atoms with van der Waals surface area (Å²) in [4.78, 5) is 37.0. The van der Waals surface area contributed by atoms with E-state index in [1.807, 2.05) is 0 Å². The Bertz CT molecular complexity index is 669. The molecule has 0 saturated heterocycles. The van der Waals surface area contributed by atoms with E-state index in [4.69, 9.17) is 14.2 Å². The first-order chi connectivity index (χ1) is 12.5. The highest BCUT2D eigenvalue weighted by Gasteiger charge is 2.29. The van der Waals surface area contributed by atoms with Crippen molar-refractivity contribution in [2.24, 2.45) is 5.92 Å². The van der Waals surface area contributed by atoms with E-state index in [0.717, 1.165) is 29.7 Å². The number of hydrogen-bond acceptors (Lipinski definition) is 7. The summed E-state index contributed by atoms with van der Waals surface area (Å²) in [5.41, 5.74) is 1.41. The minimum Gasteiger partial charge on any atom is -0.462 e. The lowest BCUT2D eigenvalue weighted by molar-refractivity contribution is -0.151. The van der Waals surface area contributed by atoms with Crippen LogP contribution in [-0.4, -0.2) is 44.3 Å². The first-order valence-electron chi connectivity index (χ1n) is 8.81. The Morgan fingerprint density at radius 3 is 2.62 bits per heavy atom. The molecule has 8 heteroatoms. The summed E-state index contributed by atoms with van der Waals surface area (Å²) in [5.74, 6) is -0.985. The summed E-state index contributed by atoms with van der Waals surface area (Å²) in [5, 5.41) is 3.16. The Kier molecular flexibility index (Phi) is 7.59. The molecule has 0 unspecified atom stereocenters. The second-order valence-electron chi connectivity index (χ2n) is 6.12. The fourth-order valence-corrected chi connectivity index (χ4v) is 4.21. The number of thiophene rings is 1. The molecule has 0 fully saturated rings. The number of ether oxygens (including phenoxy) is 3. The van der Waals surface area contributed by atoms with Gasteiger partial charge in [0.05, 0.1) is 12.2 Å². The maximum atomic E-state index is 12.4. The molecule has 0 spiro atoms. The molecule has 0 aliphatic heterocycles. The van der Waals surface area contributed by atoms with Crippen molar-refractivity contribution >= 4 is 34.2 Å². The first-order valence-corrected chi connectivity index (χ1v) is 9.62. The molecule has 0 radical (unpaired) electrons. The quantitative estimate of drug-likeness (QED) is 0.694. The number of fused-ring (bicyclic) bond motifs is 1. The zero-order chi connectivity index (χ0) is 19.1. The van der Waals surface area contributed by atoms with Crippen molar-refractivity contribution in [3.63, 3.8) is 0 Å². The number of nitrogens with one attached hydrogen (secondary N) is 1. The van der Waals surface area contributed by atoms with Crippen LogP contribution in [0.4, 0.5) is 5.00 Å². The Morgan fingerprint density at radius 2 is 1.92 bits per heavy atom. The fraction of sp³-hybridized carbons (Fsp3) is 0.611. The van der Waals surface area contributed by atoms with Crippen molar-refractivity contribution in [1.29, 1.82) is 0 Å². The van der Waals surface area contributed by atoms with Crippen LogP contribution in [0.2, 0.25) is 0 Å². The van der Waals surface area contributed by atoms with Gasteiger partial charge in [-0.05, 0) is 44.6 Å². The van der Waals surface area contributed by atoms with Gasteiger partial charge in [-0.1, -0.05) is 6.92 Å². The van der Waals surface area contributed by atoms with Gasteiger partial charge in [0, 0.05) is 11.5 Å². The van der Waals surface area contributed by atoms with E-state index in [2.05, 4.69) is 12.2 Å². The molecule has 0 saturated carbocycles. The normalized spacial score (nSPS) is 15.9. The van der Waals surface area contributed by atoms with E-state index in [9.17, 15) is 14.4 Å². The molecule has 1 aliphatic rings. The summed E-state index contributed by atoms with van der Waals surface area (Å²) in [6, 6.07) is 0. The minimum absolute atomic E-state index is 0.191. The molecule has 1 heterocycles. The van der Waals surface area contributed by atoms with Crippen molar-refractivity contribution < 1.29 is 28.6 Å². The molecule has 7 nitrogen and oxygen atoms in total. The van der Waals surface area contributed by atoms with E-state index in [1.54, 1.807) is 13.8 Å².